The third-order valence-electron chi connectivity index (χ3n) is 1.90. The van der Waals surface area contributed by atoms with Crippen LogP contribution < -0.4 is 15.3 Å². The van der Waals surface area contributed by atoms with E-state index in [0.717, 1.165) is 11.3 Å². The summed E-state index contributed by atoms with van der Waals surface area (Å²) in [5.74, 6) is -1.42. The Morgan fingerprint density at radius 3 is 2.61 bits per heavy atom. The molecule has 1 aromatic rings. The lowest BCUT2D eigenvalue weighted by atomic mass is 10.2. The summed E-state index contributed by atoms with van der Waals surface area (Å²) < 4.78 is 5.26. The molecule has 0 fully saturated rings. The maximum atomic E-state index is 10.9. The van der Waals surface area contributed by atoms with E-state index in [0.29, 0.717) is 6.61 Å². The SMILES string of the molecule is CCOc1ccc(/C=N\NC(=O)CC(=O)[O-])cc1. The number of hydrogen-bond donors (Lipinski definition) is 1. The number of carbonyl (C=O) groups excluding carboxylic acids is 2. The van der Waals surface area contributed by atoms with Crippen LogP contribution >= 0.6 is 0 Å². The van der Waals surface area contributed by atoms with Crippen LogP contribution in [0.2, 0.25) is 0 Å². The van der Waals surface area contributed by atoms with E-state index < -0.39 is 18.3 Å². The Morgan fingerprint density at radius 1 is 1.39 bits per heavy atom. The first-order valence-electron chi connectivity index (χ1n) is 5.36. The normalized spacial score (nSPS) is 10.3. The zero-order valence-corrected chi connectivity index (χ0v) is 9.88. The number of carbonyl (C=O) groups is 2. The van der Waals surface area contributed by atoms with Crippen molar-refractivity contribution in [2.75, 3.05) is 6.61 Å². The van der Waals surface area contributed by atoms with Gasteiger partial charge >= 0.3 is 0 Å². The van der Waals surface area contributed by atoms with Crippen molar-refractivity contribution in [3.05, 3.63) is 29.8 Å². The van der Waals surface area contributed by atoms with E-state index in [1.165, 1.54) is 6.21 Å². The zero-order valence-electron chi connectivity index (χ0n) is 9.88. The fourth-order valence-electron chi connectivity index (χ4n) is 1.17. The Hall–Kier alpha value is -2.37. The van der Waals surface area contributed by atoms with Crippen molar-refractivity contribution in [1.82, 2.24) is 5.43 Å². The van der Waals surface area contributed by atoms with Crippen molar-refractivity contribution in [1.29, 1.82) is 0 Å². The minimum atomic E-state index is -1.44. The lowest BCUT2D eigenvalue weighted by Gasteiger charge is -2.02. The van der Waals surface area contributed by atoms with Crippen molar-refractivity contribution in [2.45, 2.75) is 13.3 Å². The van der Waals surface area contributed by atoms with Crippen LogP contribution in [0.25, 0.3) is 0 Å². The van der Waals surface area contributed by atoms with Crippen molar-refractivity contribution in [3.63, 3.8) is 0 Å². The Kier molecular flexibility index (Phi) is 5.37. The van der Waals surface area contributed by atoms with E-state index in [1.54, 1.807) is 24.3 Å². The number of hydrogen-bond acceptors (Lipinski definition) is 5. The third-order valence-corrected chi connectivity index (χ3v) is 1.90. The highest BCUT2D eigenvalue weighted by atomic mass is 16.5. The zero-order chi connectivity index (χ0) is 13.4. The standard InChI is InChI=1S/C12H14N2O4/c1-2-18-10-5-3-9(4-6-10)8-13-14-11(15)7-12(16)17/h3-6,8H,2,7H2,1H3,(H,14,15)(H,16,17)/p-1/b13-8-. The lowest BCUT2D eigenvalue weighted by molar-refractivity contribution is -0.304. The van der Waals surface area contributed by atoms with Crippen molar-refractivity contribution in [2.24, 2.45) is 5.10 Å². The maximum Gasteiger partial charge on any atom is 0.245 e. The Labute approximate surface area is 104 Å². The molecule has 0 saturated carbocycles. The van der Waals surface area contributed by atoms with Gasteiger partial charge in [-0.05, 0) is 36.8 Å². The third kappa shape index (κ3) is 5.11. The van der Waals surface area contributed by atoms with Gasteiger partial charge in [-0.15, -0.1) is 0 Å². The summed E-state index contributed by atoms with van der Waals surface area (Å²) in [6, 6.07) is 7.07. The Balaban J connectivity index is 2.46. The van der Waals surface area contributed by atoms with E-state index in [1.807, 2.05) is 6.92 Å². The van der Waals surface area contributed by atoms with E-state index in [2.05, 4.69) is 10.5 Å². The van der Waals surface area contributed by atoms with Crippen LogP contribution in [0, 0.1) is 0 Å². The van der Waals surface area contributed by atoms with Gasteiger partial charge in [-0.3, -0.25) is 4.79 Å². The van der Waals surface area contributed by atoms with Gasteiger partial charge in [0.2, 0.25) is 5.91 Å². The van der Waals surface area contributed by atoms with Gasteiger partial charge in [0.1, 0.15) is 5.75 Å². The minimum absolute atomic E-state index is 0.590. The van der Waals surface area contributed by atoms with Gasteiger partial charge in [0.05, 0.1) is 25.2 Å². The molecule has 96 valence electrons. The summed E-state index contributed by atoms with van der Waals surface area (Å²) in [4.78, 5) is 21.0. The number of ether oxygens (including phenoxy) is 1. The lowest BCUT2D eigenvalue weighted by Crippen LogP contribution is -2.30. The summed E-state index contributed by atoms with van der Waals surface area (Å²) >= 11 is 0. The van der Waals surface area contributed by atoms with E-state index >= 15 is 0 Å². The molecule has 0 bridgehead atoms. The molecule has 0 atom stereocenters. The monoisotopic (exact) mass is 249 g/mol. The second-order valence-electron chi connectivity index (χ2n) is 3.34. The largest absolute Gasteiger partial charge is 0.550 e. The number of benzene rings is 1. The summed E-state index contributed by atoms with van der Waals surface area (Å²) in [6.45, 7) is 2.48. The van der Waals surface area contributed by atoms with E-state index in [-0.39, 0.29) is 0 Å². The van der Waals surface area contributed by atoms with Gasteiger partial charge in [-0.1, -0.05) is 0 Å². The van der Waals surface area contributed by atoms with Crippen LogP contribution in [0.5, 0.6) is 5.75 Å². The molecule has 6 heteroatoms. The molecule has 0 aliphatic carbocycles. The summed E-state index contributed by atoms with van der Waals surface area (Å²) in [5.41, 5.74) is 2.84. The predicted molar refractivity (Wildman–Crippen MR) is 63.0 cm³/mol. The Bertz CT molecular complexity index is 440. The number of nitrogens with zero attached hydrogens (tertiary/aromatic N) is 1. The molecule has 0 heterocycles. The molecule has 6 nitrogen and oxygen atoms in total. The molecule has 0 aliphatic rings. The number of carboxylic acid groups (broad SMARTS) is 1. The van der Waals surface area contributed by atoms with Crippen LogP contribution in [0.15, 0.2) is 29.4 Å². The molecule has 0 aromatic heterocycles. The molecule has 18 heavy (non-hydrogen) atoms. The molecule has 0 saturated heterocycles. The number of rotatable bonds is 6. The molecule has 0 radical (unpaired) electrons. The molecule has 0 spiro atoms. The smallest absolute Gasteiger partial charge is 0.245 e. The first-order chi connectivity index (χ1) is 8.61. The average molecular weight is 249 g/mol. The molecular formula is C12H13N2O4-. The van der Waals surface area contributed by atoms with Crippen molar-refractivity contribution in [3.8, 4) is 5.75 Å². The molecule has 1 amide bonds. The average Bonchev–Trinajstić information content (AvgIpc) is 2.31. The molecule has 1 rings (SSSR count). The number of hydrazone groups is 1. The summed E-state index contributed by atoms with van der Waals surface area (Å²) in [5, 5.41) is 13.7. The quantitative estimate of drug-likeness (QED) is 0.425. The summed E-state index contributed by atoms with van der Waals surface area (Å²) in [6.07, 6.45) is 0.698. The van der Waals surface area contributed by atoms with Gasteiger partial charge in [0.25, 0.3) is 0 Å². The van der Waals surface area contributed by atoms with Gasteiger partial charge in [0, 0.05) is 0 Å². The topological polar surface area (TPSA) is 90.8 Å². The van der Waals surface area contributed by atoms with Gasteiger partial charge < -0.3 is 14.6 Å². The molecule has 0 aliphatic heterocycles. The van der Waals surface area contributed by atoms with Gasteiger partial charge in [-0.25, -0.2) is 5.43 Å². The van der Waals surface area contributed by atoms with Crippen LogP contribution in [0.1, 0.15) is 18.9 Å². The molecule has 1 aromatic carbocycles. The van der Waals surface area contributed by atoms with Crippen LogP contribution in [-0.4, -0.2) is 24.7 Å². The Morgan fingerprint density at radius 2 is 2.06 bits per heavy atom. The summed E-state index contributed by atoms with van der Waals surface area (Å²) in [7, 11) is 0. The predicted octanol–water partition coefficient (Wildman–Crippen LogP) is -0.325. The number of amides is 1. The molecule has 0 unspecified atom stereocenters. The first-order valence-corrected chi connectivity index (χ1v) is 5.36. The van der Waals surface area contributed by atoms with Crippen LogP contribution in [-0.2, 0) is 9.59 Å². The van der Waals surface area contributed by atoms with Crippen molar-refractivity contribution >= 4 is 18.1 Å². The van der Waals surface area contributed by atoms with Crippen LogP contribution in [0.4, 0.5) is 0 Å². The highest BCUT2D eigenvalue weighted by Gasteiger charge is 1.98. The van der Waals surface area contributed by atoms with Gasteiger partial charge in [-0.2, -0.15) is 5.10 Å². The molecular weight excluding hydrogens is 236 g/mol. The first kappa shape index (κ1) is 13.7. The number of carboxylic acids is 1. The van der Waals surface area contributed by atoms with Crippen LogP contribution in [0.3, 0.4) is 0 Å². The minimum Gasteiger partial charge on any atom is -0.550 e. The van der Waals surface area contributed by atoms with E-state index in [4.69, 9.17) is 4.74 Å². The second kappa shape index (κ2) is 7.05. The highest BCUT2D eigenvalue weighted by molar-refractivity contribution is 5.93. The van der Waals surface area contributed by atoms with E-state index in [9.17, 15) is 14.7 Å². The fourth-order valence-corrected chi connectivity index (χ4v) is 1.17. The number of aliphatic carboxylic acids is 1. The van der Waals surface area contributed by atoms with Crippen molar-refractivity contribution < 1.29 is 19.4 Å². The maximum absolute atomic E-state index is 10.9. The highest BCUT2D eigenvalue weighted by Crippen LogP contribution is 2.10. The second-order valence-corrected chi connectivity index (χ2v) is 3.34. The van der Waals surface area contributed by atoms with Gasteiger partial charge in [0.15, 0.2) is 0 Å². The number of nitrogens with one attached hydrogen (secondary N) is 1. The fraction of sp³-hybridized carbons (Fsp3) is 0.250. The molecule has 1 N–H and O–H groups in total.